The van der Waals surface area contributed by atoms with Crippen LogP contribution in [-0.4, -0.2) is 16.5 Å². The largest absolute Gasteiger partial charge is 0.382 e. The molecule has 2 atom stereocenters. The molecule has 2 aliphatic carbocycles. The molecule has 0 aliphatic heterocycles. The van der Waals surface area contributed by atoms with Gasteiger partial charge >= 0.3 is 0 Å². The Kier molecular flexibility index (Phi) is 2.62. The smallest absolute Gasteiger partial charge is 0.181 e. The van der Waals surface area contributed by atoms with Crippen molar-refractivity contribution in [2.24, 2.45) is 10.8 Å². The predicted octanol–water partition coefficient (Wildman–Crippen LogP) is 3.02. The number of rotatable bonds is 1. The molecule has 0 radical (unpaired) electrons. The van der Waals surface area contributed by atoms with E-state index in [-0.39, 0.29) is 16.6 Å². The van der Waals surface area contributed by atoms with Gasteiger partial charge in [0.1, 0.15) is 0 Å². The molecule has 1 fully saturated rings. The van der Waals surface area contributed by atoms with E-state index < -0.39 is 5.60 Å². The van der Waals surface area contributed by atoms with Crippen LogP contribution >= 0.6 is 0 Å². The lowest BCUT2D eigenvalue weighted by molar-refractivity contribution is -0.113. The predicted molar refractivity (Wildman–Crippen MR) is 68.6 cm³/mol. The first-order valence-electron chi connectivity index (χ1n) is 6.37. The summed E-state index contributed by atoms with van der Waals surface area (Å²) in [6.45, 7) is 8.34. The molecule has 94 valence electrons. The third-order valence-electron chi connectivity index (χ3n) is 4.84. The fraction of sp³-hybridized carbons (Fsp3) is 0.667. The Morgan fingerprint density at radius 2 is 1.82 bits per heavy atom. The first-order valence-corrected chi connectivity index (χ1v) is 6.37. The summed E-state index contributed by atoms with van der Waals surface area (Å²) >= 11 is 0. The van der Waals surface area contributed by atoms with Gasteiger partial charge in [0.25, 0.3) is 0 Å². The summed E-state index contributed by atoms with van der Waals surface area (Å²) in [5.41, 5.74) is -0.174. The first kappa shape index (κ1) is 12.6. The number of allylic oxidation sites excluding steroid dienone is 2. The van der Waals surface area contributed by atoms with Crippen LogP contribution in [0.25, 0.3) is 0 Å². The van der Waals surface area contributed by atoms with Gasteiger partial charge in [-0.15, -0.1) is 0 Å². The summed E-state index contributed by atoms with van der Waals surface area (Å²) in [5.74, 6) is 0.0639. The highest BCUT2D eigenvalue weighted by molar-refractivity contribution is 6.06. The van der Waals surface area contributed by atoms with E-state index in [0.29, 0.717) is 0 Å². The Morgan fingerprint density at radius 1 is 1.18 bits per heavy atom. The molecule has 2 rings (SSSR count). The summed E-state index contributed by atoms with van der Waals surface area (Å²) in [7, 11) is 0. The zero-order valence-electron chi connectivity index (χ0n) is 11.2. The second-order valence-corrected chi connectivity index (χ2v) is 6.55. The van der Waals surface area contributed by atoms with Crippen molar-refractivity contribution in [1.82, 2.24) is 0 Å². The van der Waals surface area contributed by atoms with Gasteiger partial charge in [0.2, 0.25) is 0 Å². The van der Waals surface area contributed by atoms with Crippen molar-refractivity contribution >= 4 is 5.78 Å². The molecule has 2 aliphatic rings. The Hall–Kier alpha value is -0.890. The number of carbonyl (C=O) groups excluding carboxylic acids is 1. The van der Waals surface area contributed by atoms with Gasteiger partial charge in [0, 0.05) is 11.0 Å². The van der Waals surface area contributed by atoms with Gasteiger partial charge in [-0.2, -0.15) is 0 Å². The van der Waals surface area contributed by atoms with E-state index in [9.17, 15) is 9.90 Å². The molecule has 1 N–H and O–H groups in total. The maximum absolute atomic E-state index is 12.1. The van der Waals surface area contributed by atoms with Crippen LogP contribution in [0.1, 0.15) is 47.0 Å². The van der Waals surface area contributed by atoms with E-state index in [2.05, 4.69) is 20.8 Å². The molecule has 2 heteroatoms. The maximum Gasteiger partial charge on any atom is 0.181 e. The normalized spacial score (nSPS) is 40.5. The molecule has 0 spiro atoms. The van der Waals surface area contributed by atoms with Gasteiger partial charge in [-0.25, -0.2) is 0 Å². The van der Waals surface area contributed by atoms with E-state index in [0.717, 1.165) is 24.8 Å². The molecule has 0 unspecified atom stereocenters. The minimum Gasteiger partial charge on any atom is -0.382 e. The number of aliphatic hydroxyl groups is 1. The lowest BCUT2D eigenvalue weighted by atomic mass is 9.62. The van der Waals surface area contributed by atoms with Crippen molar-refractivity contribution < 1.29 is 9.90 Å². The minimum absolute atomic E-state index is 0.0639. The highest BCUT2D eigenvalue weighted by atomic mass is 16.3. The van der Waals surface area contributed by atoms with Gasteiger partial charge in [-0.1, -0.05) is 27.2 Å². The van der Waals surface area contributed by atoms with Crippen molar-refractivity contribution in [3.05, 3.63) is 23.8 Å². The van der Waals surface area contributed by atoms with Gasteiger partial charge in [-0.3, -0.25) is 4.79 Å². The Morgan fingerprint density at radius 3 is 2.35 bits per heavy atom. The van der Waals surface area contributed by atoms with Crippen LogP contribution in [0.3, 0.4) is 0 Å². The summed E-state index contributed by atoms with van der Waals surface area (Å²) in [6.07, 6.45) is 8.17. The van der Waals surface area contributed by atoms with Crippen molar-refractivity contribution in [3.8, 4) is 0 Å². The van der Waals surface area contributed by atoms with Crippen molar-refractivity contribution in [3.63, 3.8) is 0 Å². The molecular formula is C15H22O2. The molecule has 0 aromatic heterocycles. The number of ketones is 1. The van der Waals surface area contributed by atoms with Crippen LogP contribution in [0.2, 0.25) is 0 Å². The molecule has 0 heterocycles. The monoisotopic (exact) mass is 234 g/mol. The van der Waals surface area contributed by atoms with E-state index >= 15 is 0 Å². The SMILES string of the molecule is CC1(C)CCC[C@]1(C)C1=C[C@@](C)(O)C=CC1=O. The topological polar surface area (TPSA) is 37.3 Å². The molecule has 0 saturated heterocycles. The van der Waals surface area contributed by atoms with Crippen molar-refractivity contribution in [2.75, 3.05) is 0 Å². The van der Waals surface area contributed by atoms with Crippen molar-refractivity contribution in [1.29, 1.82) is 0 Å². The third-order valence-corrected chi connectivity index (χ3v) is 4.84. The molecule has 0 aromatic rings. The molecule has 1 saturated carbocycles. The van der Waals surface area contributed by atoms with Gasteiger partial charge in [0.05, 0.1) is 5.60 Å². The number of hydrogen-bond donors (Lipinski definition) is 1. The molecule has 0 aromatic carbocycles. The van der Waals surface area contributed by atoms with Crippen molar-refractivity contribution in [2.45, 2.75) is 52.6 Å². The highest BCUT2D eigenvalue weighted by Crippen LogP contribution is 2.57. The molecule has 2 nitrogen and oxygen atoms in total. The molecule has 0 amide bonds. The van der Waals surface area contributed by atoms with Gasteiger partial charge < -0.3 is 5.11 Å². The van der Waals surface area contributed by atoms with Crippen LogP contribution in [0.5, 0.6) is 0 Å². The van der Waals surface area contributed by atoms with Gasteiger partial charge in [0.15, 0.2) is 5.78 Å². The average Bonchev–Trinajstić information content (AvgIpc) is 2.47. The van der Waals surface area contributed by atoms with Crippen LogP contribution in [-0.2, 0) is 4.79 Å². The molecular weight excluding hydrogens is 212 g/mol. The highest BCUT2D eigenvalue weighted by Gasteiger charge is 2.49. The lowest BCUT2D eigenvalue weighted by Crippen LogP contribution is -2.37. The summed E-state index contributed by atoms with van der Waals surface area (Å²) < 4.78 is 0. The summed E-state index contributed by atoms with van der Waals surface area (Å²) in [5, 5.41) is 10.1. The second kappa shape index (κ2) is 3.55. The van der Waals surface area contributed by atoms with E-state index in [1.54, 1.807) is 19.1 Å². The van der Waals surface area contributed by atoms with Crippen LogP contribution < -0.4 is 0 Å². The summed E-state index contributed by atoms with van der Waals surface area (Å²) in [6, 6.07) is 0. The van der Waals surface area contributed by atoms with E-state index in [1.807, 2.05) is 0 Å². The van der Waals surface area contributed by atoms with Crippen LogP contribution in [0.15, 0.2) is 23.8 Å². The zero-order valence-corrected chi connectivity index (χ0v) is 11.2. The average molecular weight is 234 g/mol. The Labute approximate surface area is 103 Å². The second-order valence-electron chi connectivity index (χ2n) is 6.55. The fourth-order valence-electron chi connectivity index (χ4n) is 3.17. The summed E-state index contributed by atoms with van der Waals surface area (Å²) in [4.78, 5) is 12.1. The minimum atomic E-state index is -0.981. The number of carbonyl (C=O) groups is 1. The van der Waals surface area contributed by atoms with Gasteiger partial charge in [-0.05, 0) is 43.4 Å². The fourth-order valence-corrected chi connectivity index (χ4v) is 3.17. The van der Waals surface area contributed by atoms with Crippen LogP contribution in [0.4, 0.5) is 0 Å². The van der Waals surface area contributed by atoms with Crippen LogP contribution in [0, 0.1) is 10.8 Å². The lowest BCUT2D eigenvalue weighted by Gasteiger charge is -2.41. The third kappa shape index (κ3) is 1.89. The molecule has 0 bridgehead atoms. The maximum atomic E-state index is 12.1. The van der Waals surface area contributed by atoms with E-state index in [1.165, 1.54) is 6.08 Å². The van der Waals surface area contributed by atoms with E-state index in [4.69, 9.17) is 0 Å². The molecule has 17 heavy (non-hydrogen) atoms. The Balaban J connectivity index is 2.47. The Bertz CT molecular complexity index is 413. The first-order chi connectivity index (χ1) is 7.68. The zero-order chi connectivity index (χ0) is 12.9. The quantitative estimate of drug-likeness (QED) is 0.757. The number of hydrogen-bond acceptors (Lipinski definition) is 2. The standard InChI is InChI=1S/C15H22O2/c1-13(2)7-5-8-15(13,4)11-10-14(3,17)9-6-12(11)16/h6,9-10,17H,5,7-8H2,1-4H3/t14-,15+/m0/s1.